The number of carbonyl (C=O) groups is 3. The standard InChI is InChI=1S/C16H29NO7/c1-8-21-14(20)23-10-11(24-13(19)17-7)9-22-12(18)16(5,6)15(2,3)4/h11H,8-10H2,1-7H3,(H,17,19). The molecular formula is C16H29NO7. The van der Waals surface area contributed by atoms with Crippen LogP contribution in [0.3, 0.4) is 0 Å². The minimum Gasteiger partial charge on any atom is -0.461 e. The fraction of sp³-hybridized carbons (Fsp3) is 0.812. The Bertz CT molecular complexity index is 440. The Morgan fingerprint density at radius 1 is 0.958 bits per heavy atom. The molecule has 0 aromatic carbocycles. The lowest BCUT2D eigenvalue weighted by Crippen LogP contribution is -2.41. The van der Waals surface area contributed by atoms with Crippen LogP contribution < -0.4 is 5.32 Å². The first-order chi connectivity index (χ1) is 11.0. The summed E-state index contributed by atoms with van der Waals surface area (Å²) in [4.78, 5) is 34.9. The Morgan fingerprint density at radius 2 is 1.50 bits per heavy atom. The van der Waals surface area contributed by atoms with Crippen molar-refractivity contribution >= 4 is 18.2 Å². The van der Waals surface area contributed by atoms with E-state index in [1.54, 1.807) is 20.8 Å². The van der Waals surface area contributed by atoms with Crippen LogP contribution in [0.1, 0.15) is 41.5 Å². The van der Waals surface area contributed by atoms with Crippen LogP contribution in [0.5, 0.6) is 0 Å². The van der Waals surface area contributed by atoms with E-state index in [9.17, 15) is 14.4 Å². The maximum atomic E-state index is 12.3. The van der Waals surface area contributed by atoms with Crippen LogP contribution in [-0.2, 0) is 23.7 Å². The molecule has 1 unspecified atom stereocenters. The molecule has 0 saturated carbocycles. The predicted octanol–water partition coefficient (Wildman–Crippen LogP) is 2.50. The third-order valence-electron chi connectivity index (χ3n) is 3.91. The molecule has 0 saturated heterocycles. The van der Waals surface area contributed by atoms with Gasteiger partial charge in [-0.15, -0.1) is 0 Å². The average molecular weight is 347 g/mol. The molecule has 0 aromatic rings. The summed E-state index contributed by atoms with van der Waals surface area (Å²) in [6.45, 7) is 10.6. The second kappa shape index (κ2) is 9.34. The van der Waals surface area contributed by atoms with Crippen molar-refractivity contribution in [1.29, 1.82) is 0 Å². The highest BCUT2D eigenvalue weighted by molar-refractivity contribution is 5.77. The molecule has 0 spiro atoms. The van der Waals surface area contributed by atoms with Gasteiger partial charge in [0.2, 0.25) is 0 Å². The van der Waals surface area contributed by atoms with Crippen LogP contribution in [0.2, 0.25) is 0 Å². The number of ether oxygens (including phenoxy) is 4. The smallest absolute Gasteiger partial charge is 0.461 e. The SMILES string of the molecule is CCOC(=O)OCC(COC(=O)C(C)(C)C(C)(C)C)OC(=O)NC. The lowest BCUT2D eigenvalue weighted by atomic mass is 9.69. The minimum atomic E-state index is -0.936. The van der Waals surface area contributed by atoms with E-state index in [1.807, 2.05) is 20.8 Å². The fourth-order valence-corrected chi connectivity index (χ4v) is 1.30. The number of nitrogens with one attached hydrogen (secondary N) is 1. The van der Waals surface area contributed by atoms with Gasteiger partial charge in [-0.1, -0.05) is 20.8 Å². The normalized spacial score (nSPS) is 12.8. The fourth-order valence-electron chi connectivity index (χ4n) is 1.30. The molecule has 0 aliphatic carbocycles. The summed E-state index contributed by atoms with van der Waals surface area (Å²) in [6.07, 6.45) is -2.54. The first-order valence-electron chi connectivity index (χ1n) is 7.80. The molecule has 0 aromatic heterocycles. The molecule has 1 N–H and O–H groups in total. The van der Waals surface area contributed by atoms with Gasteiger partial charge < -0.3 is 24.3 Å². The Kier molecular flexibility index (Phi) is 8.57. The van der Waals surface area contributed by atoms with Crippen molar-refractivity contribution in [2.75, 3.05) is 26.9 Å². The van der Waals surface area contributed by atoms with Crippen LogP contribution in [0.4, 0.5) is 9.59 Å². The Labute approximate surface area is 143 Å². The first kappa shape index (κ1) is 22.0. The van der Waals surface area contributed by atoms with E-state index < -0.39 is 29.7 Å². The molecule has 0 rings (SSSR count). The lowest BCUT2D eigenvalue weighted by Gasteiger charge is -2.36. The summed E-state index contributed by atoms with van der Waals surface area (Å²) < 4.78 is 19.7. The first-order valence-corrected chi connectivity index (χ1v) is 7.80. The van der Waals surface area contributed by atoms with Crippen LogP contribution in [0.15, 0.2) is 0 Å². The topological polar surface area (TPSA) is 100 Å². The van der Waals surface area contributed by atoms with Gasteiger partial charge in [-0.05, 0) is 26.2 Å². The maximum absolute atomic E-state index is 12.3. The van der Waals surface area contributed by atoms with Gasteiger partial charge in [0.15, 0.2) is 6.10 Å². The number of hydrogen-bond donors (Lipinski definition) is 1. The molecule has 24 heavy (non-hydrogen) atoms. The van der Waals surface area contributed by atoms with E-state index in [2.05, 4.69) is 10.1 Å². The number of amides is 1. The second-order valence-electron chi connectivity index (χ2n) is 6.74. The molecule has 0 bridgehead atoms. The largest absolute Gasteiger partial charge is 0.508 e. The molecule has 1 amide bonds. The van der Waals surface area contributed by atoms with Gasteiger partial charge in [0, 0.05) is 7.05 Å². The summed E-state index contributed by atoms with van der Waals surface area (Å²) in [5, 5.41) is 2.28. The summed E-state index contributed by atoms with van der Waals surface area (Å²) in [5.74, 6) is -0.434. The van der Waals surface area contributed by atoms with Crippen molar-refractivity contribution in [3.63, 3.8) is 0 Å². The van der Waals surface area contributed by atoms with Crippen LogP contribution in [0, 0.1) is 10.8 Å². The zero-order chi connectivity index (χ0) is 19.0. The Balaban J connectivity index is 4.73. The van der Waals surface area contributed by atoms with Gasteiger partial charge in [0.05, 0.1) is 12.0 Å². The van der Waals surface area contributed by atoms with Gasteiger partial charge in [0.1, 0.15) is 13.2 Å². The van der Waals surface area contributed by atoms with Crippen LogP contribution in [0.25, 0.3) is 0 Å². The van der Waals surface area contributed by atoms with Crippen molar-refractivity contribution in [3.8, 4) is 0 Å². The summed E-state index contributed by atoms with van der Waals surface area (Å²) in [5.41, 5.74) is -1.06. The molecule has 8 heteroatoms. The number of rotatable bonds is 7. The number of esters is 1. The van der Waals surface area contributed by atoms with Gasteiger partial charge in [-0.3, -0.25) is 4.79 Å². The highest BCUT2D eigenvalue weighted by Gasteiger charge is 2.41. The Morgan fingerprint density at radius 3 is 1.96 bits per heavy atom. The average Bonchev–Trinajstić information content (AvgIpc) is 2.48. The summed E-state index contributed by atoms with van der Waals surface area (Å²) in [6, 6.07) is 0. The number of alkyl carbamates (subject to hydrolysis) is 1. The lowest BCUT2D eigenvalue weighted by molar-refractivity contribution is -0.164. The van der Waals surface area contributed by atoms with E-state index in [1.165, 1.54) is 7.05 Å². The van der Waals surface area contributed by atoms with Crippen LogP contribution >= 0.6 is 0 Å². The van der Waals surface area contributed by atoms with E-state index in [0.717, 1.165) is 0 Å². The summed E-state index contributed by atoms with van der Waals surface area (Å²) >= 11 is 0. The minimum absolute atomic E-state index is 0.161. The highest BCUT2D eigenvalue weighted by Crippen LogP contribution is 2.38. The molecule has 0 fully saturated rings. The quantitative estimate of drug-likeness (QED) is 0.558. The molecule has 0 radical (unpaired) electrons. The predicted molar refractivity (Wildman–Crippen MR) is 86.5 cm³/mol. The van der Waals surface area contributed by atoms with Crippen molar-refractivity contribution < 1.29 is 33.3 Å². The van der Waals surface area contributed by atoms with Gasteiger partial charge >= 0.3 is 18.2 Å². The van der Waals surface area contributed by atoms with Crippen molar-refractivity contribution in [3.05, 3.63) is 0 Å². The Hall–Kier alpha value is -1.99. The van der Waals surface area contributed by atoms with E-state index in [0.29, 0.717) is 0 Å². The third kappa shape index (κ3) is 7.06. The zero-order valence-electron chi connectivity index (χ0n) is 15.6. The van der Waals surface area contributed by atoms with E-state index in [-0.39, 0.29) is 25.2 Å². The zero-order valence-corrected chi connectivity index (χ0v) is 15.6. The van der Waals surface area contributed by atoms with Crippen molar-refractivity contribution in [2.24, 2.45) is 10.8 Å². The van der Waals surface area contributed by atoms with Gasteiger partial charge in [-0.2, -0.15) is 0 Å². The summed E-state index contributed by atoms with van der Waals surface area (Å²) in [7, 11) is 1.39. The highest BCUT2D eigenvalue weighted by atomic mass is 16.7. The van der Waals surface area contributed by atoms with E-state index >= 15 is 0 Å². The van der Waals surface area contributed by atoms with Gasteiger partial charge in [-0.25, -0.2) is 9.59 Å². The van der Waals surface area contributed by atoms with Gasteiger partial charge in [0.25, 0.3) is 0 Å². The van der Waals surface area contributed by atoms with E-state index in [4.69, 9.17) is 14.2 Å². The number of hydrogen-bond acceptors (Lipinski definition) is 7. The molecular weight excluding hydrogens is 318 g/mol. The molecule has 140 valence electrons. The molecule has 8 nitrogen and oxygen atoms in total. The van der Waals surface area contributed by atoms with Crippen molar-refractivity contribution in [2.45, 2.75) is 47.6 Å². The van der Waals surface area contributed by atoms with Crippen LogP contribution in [-0.4, -0.2) is 51.2 Å². The molecule has 0 aliphatic rings. The monoisotopic (exact) mass is 347 g/mol. The second-order valence-corrected chi connectivity index (χ2v) is 6.74. The maximum Gasteiger partial charge on any atom is 0.508 e. The third-order valence-corrected chi connectivity index (χ3v) is 3.91. The van der Waals surface area contributed by atoms with Crippen molar-refractivity contribution in [1.82, 2.24) is 5.32 Å². The molecule has 0 heterocycles. The molecule has 0 aliphatic heterocycles. The number of carbonyl (C=O) groups excluding carboxylic acids is 3. The molecule has 1 atom stereocenters.